The first-order chi connectivity index (χ1) is 11.7. The summed E-state index contributed by atoms with van der Waals surface area (Å²) in [5.41, 5.74) is 4.16. The smallest absolute Gasteiger partial charge is 0.260 e. The Morgan fingerprint density at radius 2 is 2.04 bits per heavy atom. The first kappa shape index (κ1) is 16.9. The Kier molecular flexibility index (Phi) is 5.82. The molecule has 0 N–H and O–H groups in total. The summed E-state index contributed by atoms with van der Waals surface area (Å²) in [6.45, 7) is 6.43. The van der Waals surface area contributed by atoms with Gasteiger partial charge in [0.15, 0.2) is 6.61 Å². The third-order valence-corrected chi connectivity index (χ3v) is 4.83. The molecule has 1 aromatic heterocycles. The van der Waals surface area contributed by atoms with Crippen LogP contribution in [0.2, 0.25) is 0 Å². The van der Waals surface area contributed by atoms with Crippen molar-refractivity contribution < 1.29 is 9.53 Å². The van der Waals surface area contributed by atoms with E-state index in [1.807, 2.05) is 41.6 Å². The first-order valence-corrected chi connectivity index (χ1v) is 9.21. The van der Waals surface area contributed by atoms with Crippen molar-refractivity contribution in [2.24, 2.45) is 0 Å². The SMILES string of the molecule is Cc1ccc(OCC(=O)N2CCCN(Cc3cscn3)CC2)cc1. The Balaban J connectivity index is 1.46. The summed E-state index contributed by atoms with van der Waals surface area (Å²) in [6.07, 6.45) is 0.987. The number of nitrogens with zero attached hydrogens (tertiary/aromatic N) is 3. The van der Waals surface area contributed by atoms with E-state index >= 15 is 0 Å². The predicted molar refractivity (Wildman–Crippen MR) is 95.3 cm³/mol. The van der Waals surface area contributed by atoms with Crippen LogP contribution in [0.1, 0.15) is 17.7 Å². The van der Waals surface area contributed by atoms with Crippen molar-refractivity contribution in [3.8, 4) is 5.75 Å². The maximum Gasteiger partial charge on any atom is 0.260 e. The van der Waals surface area contributed by atoms with E-state index in [1.54, 1.807) is 11.3 Å². The summed E-state index contributed by atoms with van der Waals surface area (Å²) in [6, 6.07) is 7.78. The van der Waals surface area contributed by atoms with Crippen molar-refractivity contribution in [1.29, 1.82) is 0 Å². The van der Waals surface area contributed by atoms with E-state index in [2.05, 4.69) is 15.3 Å². The highest BCUT2D eigenvalue weighted by atomic mass is 32.1. The zero-order chi connectivity index (χ0) is 16.8. The fraction of sp³-hybridized carbons (Fsp3) is 0.444. The molecule has 5 nitrogen and oxygen atoms in total. The average molecular weight is 345 g/mol. The van der Waals surface area contributed by atoms with Crippen LogP contribution >= 0.6 is 11.3 Å². The zero-order valence-electron chi connectivity index (χ0n) is 14.0. The Hall–Kier alpha value is -1.92. The molecule has 0 aliphatic carbocycles. The molecule has 0 spiro atoms. The van der Waals surface area contributed by atoms with E-state index in [-0.39, 0.29) is 12.5 Å². The van der Waals surface area contributed by atoms with Crippen LogP contribution in [0.5, 0.6) is 5.75 Å². The van der Waals surface area contributed by atoms with Crippen molar-refractivity contribution in [2.45, 2.75) is 19.9 Å². The van der Waals surface area contributed by atoms with Gasteiger partial charge in [0.1, 0.15) is 5.75 Å². The van der Waals surface area contributed by atoms with Gasteiger partial charge in [0.05, 0.1) is 11.2 Å². The molecule has 0 atom stereocenters. The van der Waals surface area contributed by atoms with Crippen molar-refractivity contribution in [2.75, 3.05) is 32.8 Å². The lowest BCUT2D eigenvalue weighted by atomic mass is 10.2. The molecule has 2 aromatic rings. The number of benzene rings is 1. The van der Waals surface area contributed by atoms with Gasteiger partial charge in [-0.2, -0.15) is 0 Å². The average Bonchev–Trinajstić information content (AvgIpc) is 2.98. The van der Waals surface area contributed by atoms with Gasteiger partial charge >= 0.3 is 0 Å². The largest absolute Gasteiger partial charge is 0.484 e. The van der Waals surface area contributed by atoms with Crippen LogP contribution in [-0.4, -0.2) is 53.5 Å². The fourth-order valence-corrected chi connectivity index (χ4v) is 3.34. The number of hydrogen-bond donors (Lipinski definition) is 0. The van der Waals surface area contributed by atoms with Crippen LogP contribution in [0.25, 0.3) is 0 Å². The van der Waals surface area contributed by atoms with Gasteiger partial charge in [0, 0.05) is 38.1 Å². The summed E-state index contributed by atoms with van der Waals surface area (Å²) in [4.78, 5) is 21.0. The molecule has 0 saturated carbocycles. The lowest BCUT2D eigenvalue weighted by Gasteiger charge is -2.21. The molecule has 1 aliphatic heterocycles. The molecule has 1 fully saturated rings. The Labute approximate surface area is 146 Å². The zero-order valence-corrected chi connectivity index (χ0v) is 14.8. The molecule has 128 valence electrons. The second-order valence-corrected chi connectivity index (χ2v) is 6.81. The molecule has 3 rings (SSSR count). The maximum atomic E-state index is 12.4. The van der Waals surface area contributed by atoms with Crippen molar-refractivity contribution >= 4 is 17.2 Å². The van der Waals surface area contributed by atoms with E-state index in [0.29, 0.717) is 0 Å². The van der Waals surface area contributed by atoms with Crippen molar-refractivity contribution in [1.82, 2.24) is 14.8 Å². The van der Waals surface area contributed by atoms with E-state index in [9.17, 15) is 4.79 Å². The number of carbonyl (C=O) groups is 1. The second kappa shape index (κ2) is 8.26. The van der Waals surface area contributed by atoms with Crippen LogP contribution in [0, 0.1) is 6.92 Å². The number of carbonyl (C=O) groups excluding carboxylic acids is 1. The number of rotatable bonds is 5. The fourth-order valence-electron chi connectivity index (χ4n) is 2.79. The van der Waals surface area contributed by atoms with Gasteiger partial charge in [-0.05, 0) is 25.5 Å². The molecular weight excluding hydrogens is 322 g/mol. The monoisotopic (exact) mass is 345 g/mol. The summed E-state index contributed by atoms with van der Waals surface area (Å²) in [7, 11) is 0. The second-order valence-electron chi connectivity index (χ2n) is 6.09. The molecule has 1 aromatic carbocycles. The minimum absolute atomic E-state index is 0.0612. The lowest BCUT2D eigenvalue weighted by molar-refractivity contribution is -0.133. The highest BCUT2D eigenvalue weighted by Crippen LogP contribution is 2.13. The Bertz CT molecular complexity index is 643. The normalized spacial score (nSPS) is 16.0. The highest BCUT2D eigenvalue weighted by Gasteiger charge is 2.19. The molecule has 0 unspecified atom stereocenters. The molecule has 0 bridgehead atoms. The first-order valence-electron chi connectivity index (χ1n) is 8.27. The molecular formula is C18H23N3O2S. The van der Waals surface area contributed by atoms with Gasteiger partial charge in [0.2, 0.25) is 0 Å². The predicted octanol–water partition coefficient (Wildman–Crippen LogP) is 2.56. The number of thiazole rings is 1. The van der Waals surface area contributed by atoms with Gasteiger partial charge in [-0.1, -0.05) is 17.7 Å². The highest BCUT2D eigenvalue weighted by molar-refractivity contribution is 7.07. The van der Waals surface area contributed by atoms with Crippen LogP contribution in [-0.2, 0) is 11.3 Å². The van der Waals surface area contributed by atoms with E-state index in [0.717, 1.165) is 50.6 Å². The van der Waals surface area contributed by atoms with E-state index in [1.165, 1.54) is 5.56 Å². The van der Waals surface area contributed by atoms with E-state index in [4.69, 9.17) is 4.74 Å². The summed E-state index contributed by atoms with van der Waals surface area (Å²) >= 11 is 1.63. The number of amides is 1. The quantitative estimate of drug-likeness (QED) is 0.835. The molecule has 24 heavy (non-hydrogen) atoms. The third-order valence-electron chi connectivity index (χ3n) is 4.19. The maximum absolute atomic E-state index is 12.4. The van der Waals surface area contributed by atoms with Gasteiger partial charge in [-0.3, -0.25) is 9.69 Å². The molecule has 0 radical (unpaired) electrons. The van der Waals surface area contributed by atoms with Crippen LogP contribution < -0.4 is 4.74 Å². The minimum Gasteiger partial charge on any atom is -0.484 e. The Morgan fingerprint density at radius 1 is 1.21 bits per heavy atom. The summed E-state index contributed by atoms with van der Waals surface area (Å²) in [5, 5.41) is 2.09. The van der Waals surface area contributed by atoms with Crippen molar-refractivity contribution in [3.63, 3.8) is 0 Å². The molecule has 6 heteroatoms. The van der Waals surface area contributed by atoms with Gasteiger partial charge in [0.25, 0.3) is 5.91 Å². The molecule has 1 saturated heterocycles. The lowest BCUT2D eigenvalue weighted by Crippen LogP contribution is -2.38. The van der Waals surface area contributed by atoms with Crippen LogP contribution in [0.4, 0.5) is 0 Å². The van der Waals surface area contributed by atoms with Crippen molar-refractivity contribution in [3.05, 3.63) is 46.4 Å². The van der Waals surface area contributed by atoms with Gasteiger partial charge in [-0.25, -0.2) is 4.98 Å². The van der Waals surface area contributed by atoms with Crippen LogP contribution in [0.3, 0.4) is 0 Å². The third kappa shape index (κ3) is 4.79. The number of aryl methyl sites for hydroxylation is 1. The number of aromatic nitrogens is 1. The standard InChI is InChI=1S/C18H23N3O2S/c1-15-3-5-17(6-4-15)23-12-18(22)21-8-2-7-20(9-10-21)11-16-13-24-14-19-16/h3-6,13-14H,2,7-12H2,1H3. The molecule has 1 amide bonds. The molecule has 1 aliphatic rings. The van der Waals surface area contributed by atoms with Crippen LogP contribution in [0.15, 0.2) is 35.2 Å². The Morgan fingerprint density at radius 3 is 2.79 bits per heavy atom. The van der Waals surface area contributed by atoms with Gasteiger partial charge in [-0.15, -0.1) is 11.3 Å². The molecule has 2 heterocycles. The number of ether oxygens (including phenoxy) is 1. The van der Waals surface area contributed by atoms with Gasteiger partial charge < -0.3 is 9.64 Å². The topological polar surface area (TPSA) is 45.7 Å². The minimum atomic E-state index is 0.0612. The van der Waals surface area contributed by atoms with E-state index < -0.39 is 0 Å². The summed E-state index contributed by atoms with van der Waals surface area (Å²) in [5.74, 6) is 0.806. The number of hydrogen-bond acceptors (Lipinski definition) is 5. The summed E-state index contributed by atoms with van der Waals surface area (Å²) < 4.78 is 5.62.